The van der Waals surface area contributed by atoms with Gasteiger partial charge in [0.25, 0.3) is 5.56 Å². The summed E-state index contributed by atoms with van der Waals surface area (Å²) in [7, 11) is -8.04. The molecule has 0 saturated carbocycles. The summed E-state index contributed by atoms with van der Waals surface area (Å²) in [4.78, 5) is 50.6. The third-order valence-corrected chi connectivity index (χ3v) is 9.36. The van der Waals surface area contributed by atoms with Crippen LogP contribution in [-0.4, -0.2) is 114 Å². The monoisotopic (exact) mass is 644 g/mol. The number of fused-ring (bicyclic) bond motifs is 2. The van der Waals surface area contributed by atoms with Crippen LogP contribution in [0, 0.1) is 0 Å². The van der Waals surface area contributed by atoms with Gasteiger partial charge in [0.05, 0.1) is 30.9 Å². The molecule has 0 radical (unpaired) electrons. The number of H-pyrrole nitrogens is 1. The van der Waals surface area contributed by atoms with Crippen molar-refractivity contribution in [3.63, 3.8) is 0 Å². The molecule has 21 nitrogen and oxygen atoms in total. The van der Waals surface area contributed by atoms with Gasteiger partial charge in [-0.2, -0.15) is 5.10 Å². The molecule has 2 fully saturated rings. The maximum absolute atomic E-state index is 13.7. The van der Waals surface area contributed by atoms with Crippen molar-refractivity contribution in [3.05, 3.63) is 41.2 Å². The van der Waals surface area contributed by atoms with Crippen LogP contribution in [0.25, 0.3) is 16.8 Å². The number of aliphatic hydroxyl groups is 3. The maximum atomic E-state index is 13.7. The Kier molecular flexibility index (Phi) is 7.82. The van der Waals surface area contributed by atoms with Crippen LogP contribution in [0.3, 0.4) is 0 Å². The van der Waals surface area contributed by atoms with Gasteiger partial charge in [0.1, 0.15) is 61.0 Å². The number of aliphatic hydroxyl groups excluding tert-OH is 3. The molecule has 6 rings (SSSR count). The second-order valence-electron chi connectivity index (χ2n) is 9.64. The number of hydrogen-bond acceptors (Lipinski definition) is 16. The quantitative estimate of drug-likeness (QED) is 0.0926. The van der Waals surface area contributed by atoms with Gasteiger partial charge in [-0.3, -0.25) is 13.9 Å². The summed E-state index contributed by atoms with van der Waals surface area (Å²) in [6, 6.07) is 0. The number of aromatic nitrogens is 8. The third kappa shape index (κ3) is 5.23. The SMILES string of the molecule is Nc1ncnc2c1ncn2[C@@H]1O[C@H](COP(=O)(O)[C@@H]2[C@H](O)[C@@H](CO[P+](=O)O)O[C@H]2c2cnc3c(=O)[nH]cnn23)[C@@H](O)[C@H]1O. The minimum absolute atomic E-state index is 0.0141. The minimum atomic E-state index is -4.94. The van der Waals surface area contributed by atoms with Crippen molar-refractivity contribution in [3.8, 4) is 0 Å². The number of nitrogen functional groups attached to an aromatic ring is 1. The number of nitrogens with zero attached hydrogens (tertiary/aromatic N) is 7. The number of nitrogens with one attached hydrogen (secondary N) is 1. The lowest BCUT2D eigenvalue weighted by Crippen LogP contribution is -2.36. The van der Waals surface area contributed by atoms with E-state index < -0.39 is 83.1 Å². The molecule has 8 N–H and O–H groups in total. The predicted molar refractivity (Wildman–Crippen MR) is 138 cm³/mol. The van der Waals surface area contributed by atoms with Crippen LogP contribution in [-0.2, 0) is 27.7 Å². The summed E-state index contributed by atoms with van der Waals surface area (Å²) in [5.41, 5.74) is 3.65. The first-order valence-corrected chi connectivity index (χ1v) is 15.2. The molecule has 0 bridgehead atoms. The Morgan fingerprint density at radius 1 is 1.07 bits per heavy atom. The summed E-state index contributed by atoms with van der Waals surface area (Å²) in [5.74, 6) is 0.0742. The Morgan fingerprint density at radius 3 is 2.60 bits per heavy atom. The van der Waals surface area contributed by atoms with Gasteiger partial charge in [0, 0.05) is 4.57 Å². The Bertz CT molecular complexity index is 1780. The lowest BCUT2D eigenvalue weighted by molar-refractivity contribution is -0.0490. The van der Waals surface area contributed by atoms with Crippen molar-refractivity contribution in [2.45, 2.75) is 48.5 Å². The van der Waals surface area contributed by atoms with E-state index >= 15 is 0 Å². The highest BCUT2D eigenvalue weighted by atomic mass is 31.2. The first-order valence-electron chi connectivity index (χ1n) is 12.4. The topological polar surface area (TPSA) is 305 Å². The highest BCUT2D eigenvalue weighted by Gasteiger charge is 2.56. The van der Waals surface area contributed by atoms with Crippen LogP contribution in [0.4, 0.5) is 5.82 Å². The van der Waals surface area contributed by atoms with Gasteiger partial charge in [-0.1, -0.05) is 0 Å². The molecule has 0 amide bonds. The Morgan fingerprint density at radius 2 is 1.84 bits per heavy atom. The standard InChI is InChI=1S/C20H23N9O12P2/c21-16-10-17(24-4-23-16)28(6-26-10)20-13(32)11(30)9(41-20)3-39-43(36,37)15-12(31)8(2-38-42(34)35)40-14(15)7-1-22-18-19(33)25-5-27-29(7)18/h1,4-6,8-9,11-15,20,30-32H,2-3H2,(H4-,21,23,24,25,27,33,34,35,36,37)/p+1/t8-,9-,11-,12-,13-,14+,15-,20-/m1/s1. The zero-order valence-electron chi connectivity index (χ0n) is 21.5. The summed E-state index contributed by atoms with van der Waals surface area (Å²) in [5, 5.41) is 36.3. The smallest absolute Gasteiger partial charge is 0.389 e. The van der Waals surface area contributed by atoms with E-state index in [-0.39, 0.29) is 28.3 Å². The molecule has 43 heavy (non-hydrogen) atoms. The molecule has 2 unspecified atom stereocenters. The van der Waals surface area contributed by atoms with Crippen molar-refractivity contribution in [2.75, 3.05) is 18.9 Å². The first kappa shape index (κ1) is 29.7. The van der Waals surface area contributed by atoms with Crippen molar-refractivity contribution in [1.29, 1.82) is 0 Å². The molecule has 4 aromatic rings. The maximum Gasteiger partial charge on any atom is 0.694 e. The zero-order chi connectivity index (χ0) is 30.6. The lowest BCUT2D eigenvalue weighted by atomic mass is 10.1. The zero-order valence-corrected chi connectivity index (χ0v) is 23.3. The second kappa shape index (κ2) is 11.3. The van der Waals surface area contributed by atoms with E-state index in [4.69, 9.17) is 24.6 Å². The van der Waals surface area contributed by atoms with Crippen molar-refractivity contribution < 1.29 is 52.8 Å². The second-order valence-corrected chi connectivity index (χ2v) is 12.4. The van der Waals surface area contributed by atoms with E-state index in [9.17, 15) is 34.1 Å². The molecule has 230 valence electrons. The number of nitrogens with two attached hydrogens (primary N) is 1. The molecule has 2 aliphatic heterocycles. The van der Waals surface area contributed by atoms with Gasteiger partial charge in [-0.25, -0.2) is 24.5 Å². The number of rotatable bonds is 9. The van der Waals surface area contributed by atoms with Crippen molar-refractivity contribution in [1.82, 2.24) is 39.1 Å². The van der Waals surface area contributed by atoms with Crippen LogP contribution in [0.5, 0.6) is 0 Å². The molecule has 0 spiro atoms. The Balaban J connectivity index is 1.25. The molecule has 4 aromatic heterocycles. The molecule has 2 aliphatic rings. The summed E-state index contributed by atoms with van der Waals surface area (Å²) in [6.07, 6.45) is -5.74. The molecule has 23 heteroatoms. The van der Waals surface area contributed by atoms with E-state index in [0.717, 1.165) is 17.0 Å². The van der Waals surface area contributed by atoms with Crippen LogP contribution in [0.1, 0.15) is 18.0 Å². The fourth-order valence-corrected chi connectivity index (χ4v) is 7.04. The number of anilines is 1. The van der Waals surface area contributed by atoms with E-state index in [2.05, 4.69) is 34.5 Å². The molecular formula is C20H24N9O12P2+. The predicted octanol–water partition coefficient (Wildman–Crippen LogP) is -2.50. The molecule has 0 aromatic carbocycles. The number of ether oxygens (including phenoxy) is 2. The fourth-order valence-electron chi connectivity index (χ4n) is 5.09. The van der Waals surface area contributed by atoms with Crippen LogP contribution in [0.15, 0.2) is 30.0 Å². The molecule has 6 heterocycles. The lowest BCUT2D eigenvalue weighted by Gasteiger charge is -2.26. The fraction of sp³-hybridized carbons (Fsp3) is 0.500. The molecule has 0 aliphatic carbocycles. The minimum Gasteiger partial charge on any atom is -0.389 e. The summed E-state index contributed by atoms with van der Waals surface area (Å²) >= 11 is 0. The van der Waals surface area contributed by atoms with Crippen molar-refractivity contribution in [2.24, 2.45) is 0 Å². The van der Waals surface area contributed by atoms with Crippen LogP contribution in [0.2, 0.25) is 0 Å². The van der Waals surface area contributed by atoms with Gasteiger partial charge in [0.2, 0.25) is 5.65 Å². The van der Waals surface area contributed by atoms with Crippen LogP contribution >= 0.6 is 15.9 Å². The first-order chi connectivity index (χ1) is 20.5. The summed E-state index contributed by atoms with van der Waals surface area (Å²) < 4.78 is 48.6. The molecule has 10 atom stereocenters. The third-order valence-electron chi connectivity index (χ3n) is 7.14. The van der Waals surface area contributed by atoms with Gasteiger partial charge >= 0.3 is 15.9 Å². The van der Waals surface area contributed by atoms with Gasteiger partial charge in [-0.05, 0) is 0 Å². The van der Waals surface area contributed by atoms with Crippen molar-refractivity contribution >= 4 is 38.5 Å². The Labute approximate surface area is 239 Å². The highest BCUT2D eigenvalue weighted by Crippen LogP contribution is 2.58. The van der Waals surface area contributed by atoms with E-state index in [1.54, 1.807) is 0 Å². The number of imidazole rings is 2. The van der Waals surface area contributed by atoms with Gasteiger partial charge < -0.3 is 44.9 Å². The largest absolute Gasteiger partial charge is 0.694 e. The normalized spacial score (nSPS) is 31.1. The highest BCUT2D eigenvalue weighted by molar-refractivity contribution is 7.53. The van der Waals surface area contributed by atoms with Gasteiger partial charge in [0.15, 0.2) is 17.7 Å². The summed E-state index contributed by atoms with van der Waals surface area (Å²) in [6.45, 7) is -1.38. The number of hydrogen-bond donors (Lipinski definition) is 7. The molecule has 2 saturated heterocycles. The van der Waals surface area contributed by atoms with Gasteiger partial charge in [-0.15, -0.1) is 9.42 Å². The molecular weight excluding hydrogens is 620 g/mol. The van der Waals surface area contributed by atoms with E-state index in [0.29, 0.717) is 0 Å². The van der Waals surface area contributed by atoms with E-state index in [1.807, 2.05) is 0 Å². The number of aromatic amines is 1. The van der Waals surface area contributed by atoms with Crippen LogP contribution < -0.4 is 11.3 Å². The average molecular weight is 644 g/mol. The Hall–Kier alpha value is -3.33. The van der Waals surface area contributed by atoms with E-state index in [1.165, 1.54) is 17.2 Å². The average Bonchev–Trinajstić information content (AvgIpc) is 3.72.